The maximum absolute atomic E-state index is 14.3. The van der Waals surface area contributed by atoms with Gasteiger partial charge in [0.05, 0.1) is 23.7 Å². The highest BCUT2D eigenvalue weighted by molar-refractivity contribution is 6.31. The van der Waals surface area contributed by atoms with Crippen LogP contribution in [0.2, 0.25) is 5.02 Å². The van der Waals surface area contributed by atoms with Gasteiger partial charge in [-0.05, 0) is 51.2 Å². The molecule has 4 N–H and O–H groups in total. The molecule has 0 spiro atoms. The second-order valence-electron chi connectivity index (χ2n) is 10.3. The van der Waals surface area contributed by atoms with Crippen LogP contribution in [0.1, 0.15) is 56.4 Å². The molecule has 11 heteroatoms. The molecule has 1 aromatic carbocycles. The van der Waals surface area contributed by atoms with E-state index >= 15 is 0 Å². The first-order chi connectivity index (χ1) is 17.0. The van der Waals surface area contributed by atoms with Gasteiger partial charge in [-0.2, -0.15) is 5.26 Å². The van der Waals surface area contributed by atoms with E-state index < -0.39 is 29.7 Å². The molecule has 192 valence electrons. The molecule has 2 aromatic rings. The van der Waals surface area contributed by atoms with Crippen molar-refractivity contribution >= 4 is 40.2 Å². The van der Waals surface area contributed by atoms with Crippen molar-refractivity contribution in [2.45, 2.75) is 63.6 Å². The molecular weight excluding hydrogens is 489 g/mol. The van der Waals surface area contributed by atoms with E-state index in [1.165, 1.54) is 19.2 Å². The van der Waals surface area contributed by atoms with Gasteiger partial charge in [-0.25, -0.2) is 4.39 Å². The topological polar surface area (TPSA) is 136 Å². The summed E-state index contributed by atoms with van der Waals surface area (Å²) in [6.45, 7) is 3.82. The van der Waals surface area contributed by atoms with Gasteiger partial charge in [0.2, 0.25) is 11.8 Å². The van der Waals surface area contributed by atoms with E-state index in [4.69, 9.17) is 16.3 Å². The Kier molecular flexibility index (Phi) is 7.14. The summed E-state index contributed by atoms with van der Waals surface area (Å²) in [6, 6.07) is 3.12. The third-order valence-corrected chi connectivity index (χ3v) is 6.97. The number of methoxy groups -OCH3 is 1. The number of hydrogen-bond acceptors (Lipinski definition) is 5. The highest BCUT2D eigenvalue weighted by atomic mass is 35.5. The number of nitriles is 1. The largest absolute Gasteiger partial charge is 0.493 e. The zero-order valence-corrected chi connectivity index (χ0v) is 21.1. The van der Waals surface area contributed by atoms with Crippen molar-refractivity contribution in [1.29, 1.82) is 5.26 Å². The summed E-state index contributed by atoms with van der Waals surface area (Å²) in [7, 11) is 1.30. The predicted molar refractivity (Wildman–Crippen MR) is 131 cm³/mol. The summed E-state index contributed by atoms with van der Waals surface area (Å²) in [6.07, 6.45) is 3.10. The van der Waals surface area contributed by atoms with Crippen LogP contribution in [0.25, 0.3) is 10.9 Å². The SMILES string of the molecule is COc1c(F)c(Cl)cc2[nH]c(C(=O)NC(CC3CC3)C(=O)NC(C#N)C[C@@H]3CC(C)(C)NC3=O)cc12. The van der Waals surface area contributed by atoms with Crippen molar-refractivity contribution in [3.8, 4) is 11.8 Å². The first kappa shape index (κ1) is 25.8. The zero-order chi connectivity index (χ0) is 26.2. The summed E-state index contributed by atoms with van der Waals surface area (Å²) < 4.78 is 19.4. The number of amides is 3. The lowest BCUT2D eigenvalue weighted by Crippen LogP contribution is -2.50. The van der Waals surface area contributed by atoms with Gasteiger partial charge < -0.3 is 25.7 Å². The number of benzene rings is 1. The van der Waals surface area contributed by atoms with Gasteiger partial charge in [0, 0.05) is 16.8 Å². The van der Waals surface area contributed by atoms with Gasteiger partial charge in [-0.15, -0.1) is 0 Å². The molecule has 9 nitrogen and oxygen atoms in total. The first-order valence-corrected chi connectivity index (χ1v) is 12.3. The Morgan fingerprint density at radius 1 is 1.31 bits per heavy atom. The first-order valence-electron chi connectivity index (χ1n) is 11.9. The number of carbonyl (C=O) groups excluding carboxylic acids is 3. The average molecular weight is 518 g/mol. The minimum atomic E-state index is -0.872. The molecule has 1 saturated carbocycles. The van der Waals surface area contributed by atoms with Crippen molar-refractivity contribution in [3.63, 3.8) is 0 Å². The molecule has 2 aliphatic rings. The van der Waals surface area contributed by atoms with E-state index in [-0.39, 0.29) is 40.3 Å². The van der Waals surface area contributed by atoms with Gasteiger partial charge in [0.1, 0.15) is 17.8 Å². The maximum atomic E-state index is 14.3. The molecule has 36 heavy (non-hydrogen) atoms. The number of hydrogen-bond donors (Lipinski definition) is 4. The van der Waals surface area contributed by atoms with Gasteiger partial charge in [-0.1, -0.05) is 24.4 Å². The van der Waals surface area contributed by atoms with Crippen LogP contribution in [0, 0.1) is 29.0 Å². The van der Waals surface area contributed by atoms with Crippen LogP contribution in [0.4, 0.5) is 4.39 Å². The number of nitrogens with one attached hydrogen (secondary N) is 4. The number of H-pyrrole nitrogens is 1. The van der Waals surface area contributed by atoms with Crippen molar-refractivity contribution in [2.24, 2.45) is 11.8 Å². The number of carbonyl (C=O) groups is 3. The smallest absolute Gasteiger partial charge is 0.268 e. The van der Waals surface area contributed by atoms with E-state index in [1.54, 1.807) is 0 Å². The van der Waals surface area contributed by atoms with Gasteiger partial charge in [-0.3, -0.25) is 14.4 Å². The molecule has 1 aliphatic carbocycles. The lowest BCUT2D eigenvalue weighted by atomic mass is 9.92. The molecule has 3 atom stereocenters. The quantitative estimate of drug-likeness (QED) is 0.405. The van der Waals surface area contributed by atoms with Crippen LogP contribution in [-0.2, 0) is 9.59 Å². The lowest BCUT2D eigenvalue weighted by molar-refractivity contribution is -0.125. The highest BCUT2D eigenvalue weighted by Gasteiger charge is 2.39. The van der Waals surface area contributed by atoms with E-state index in [0.717, 1.165) is 12.8 Å². The van der Waals surface area contributed by atoms with Crippen LogP contribution < -0.4 is 20.7 Å². The number of fused-ring (bicyclic) bond motifs is 1. The fourth-order valence-electron chi connectivity index (χ4n) is 4.75. The predicted octanol–water partition coefficient (Wildman–Crippen LogP) is 3.18. The molecule has 1 aliphatic heterocycles. The van der Waals surface area contributed by atoms with Crippen molar-refractivity contribution in [2.75, 3.05) is 7.11 Å². The van der Waals surface area contributed by atoms with Crippen LogP contribution in [0.3, 0.4) is 0 Å². The molecule has 2 unspecified atom stereocenters. The fourth-order valence-corrected chi connectivity index (χ4v) is 4.95. The summed E-state index contributed by atoms with van der Waals surface area (Å²) in [4.78, 5) is 41.3. The summed E-state index contributed by atoms with van der Waals surface area (Å²) in [5.74, 6) is -2.07. The number of halogens is 2. The normalized spacial score (nSPS) is 20.3. The number of nitrogens with zero attached hydrogens (tertiary/aromatic N) is 1. The van der Waals surface area contributed by atoms with E-state index in [1.807, 2.05) is 13.8 Å². The Hall–Kier alpha value is -3.32. The molecule has 0 bridgehead atoms. The van der Waals surface area contributed by atoms with Crippen LogP contribution in [0.5, 0.6) is 5.75 Å². The molecule has 2 fully saturated rings. The van der Waals surface area contributed by atoms with Crippen molar-refractivity contribution in [1.82, 2.24) is 20.9 Å². The minimum absolute atomic E-state index is 0.0870. The summed E-state index contributed by atoms with van der Waals surface area (Å²) >= 11 is 5.92. The number of aromatic amines is 1. The molecule has 2 heterocycles. The van der Waals surface area contributed by atoms with E-state index in [9.17, 15) is 24.0 Å². The summed E-state index contributed by atoms with van der Waals surface area (Å²) in [5, 5.41) is 18.1. The zero-order valence-electron chi connectivity index (χ0n) is 20.3. The number of aromatic nitrogens is 1. The van der Waals surface area contributed by atoms with Crippen LogP contribution >= 0.6 is 11.6 Å². The molecule has 0 radical (unpaired) electrons. The second-order valence-corrected chi connectivity index (χ2v) is 10.7. The van der Waals surface area contributed by atoms with Crippen LogP contribution in [0.15, 0.2) is 12.1 Å². The summed E-state index contributed by atoms with van der Waals surface area (Å²) in [5.41, 5.74) is 0.165. The standard InChI is InChI=1S/C25H29ClFN5O4/c1-25(2)10-13(22(33)32-25)7-14(11-28)29-23(34)18(6-12-4-5-12)31-24(35)19-8-15-17(30-19)9-16(26)20(27)21(15)36-3/h8-9,12-14,18,30H,4-7,10H2,1-3H3,(H,29,34)(H,31,35)(H,32,33)/t13-,14?,18?/m1/s1. The Balaban J connectivity index is 1.47. The van der Waals surface area contributed by atoms with E-state index in [0.29, 0.717) is 29.7 Å². The monoisotopic (exact) mass is 517 g/mol. The Bertz CT molecular complexity index is 1250. The third kappa shape index (κ3) is 5.57. The minimum Gasteiger partial charge on any atom is -0.493 e. The Morgan fingerprint density at radius 3 is 2.61 bits per heavy atom. The lowest BCUT2D eigenvalue weighted by Gasteiger charge is -2.21. The van der Waals surface area contributed by atoms with Crippen molar-refractivity contribution < 1.29 is 23.5 Å². The molecule has 3 amide bonds. The van der Waals surface area contributed by atoms with Gasteiger partial charge in [0.25, 0.3) is 5.91 Å². The Labute approximate surface area is 213 Å². The van der Waals surface area contributed by atoms with Crippen LogP contribution in [-0.4, -0.2) is 47.4 Å². The van der Waals surface area contributed by atoms with Gasteiger partial charge >= 0.3 is 0 Å². The number of ether oxygens (including phenoxy) is 1. The molecular formula is C25H29ClFN5O4. The number of rotatable bonds is 9. The van der Waals surface area contributed by atoms with Crippen molar-refractivity contribution in [3.05, 3.63) is 28.7 Å². The second kappa shape index (κ2) is 9.97. The third-order valence-electron chi connectivity index (χ3n) is 6.69. The molecule has 1 aromatic heterocycles. The average Bonchev–Trinajstić information content (AvgIpc) is 3.47. The molecule has 4 rings (SSSR count). The fraction of sp³-hybridized carbons (Fsp3) is 0.520. The molecule has 1 saturated heterocycles. The Morgan fingerprint density at radius 2 is 2.03 bits per heavy atom. The van der Waals surface area contributed by atoms with E-state index in [2.05, 4.69) is 27.0 Å². The van der Waals surface area contributed by atoms with Gasteiger partial charge in [0.15, 0.2) is 11.6 Å². The maximum Gasteiger partial charge on any atom is 0.268 e. The highest BCUT2D eigenvalue weighted by Crippen LogP contribution is 2.35.